The van der Waals surface area contributed by atoms with Gasteiger partial charge in [0, 0.05) is 5.92 Å². The fraction of sp³-hybridized carbons (Fsp3) is 0.800. The molecule has 0 amide bonds. The van der Waals surface area contributed by atoms with E-state index in [1.165, 1.54) is 6.42 Å². The molecule has 0 saturated heterocycles. The molecule has 3 atom stereocenters. The van der Waals surface area contributed by atoms with Gasteiger partial charge in [-0.2, -0.15) is 0 Å². The Morgan fingerprint density at radius 1 is 1.45 bits per heavy atom. The molecule has 0 aromatic heterocycles. The van der Waals surface area contributed by atoms with E-state index in [1.807, 2.05) is 6.92 Å². The van der Waals surface area contributed by atoms with Crippen LogP contribution in [0.15, 0.2) is 12.2 Å². The molecule has 0 bridgehead atoms. The van der Waals surface area contributed by atoms with Crippen molar-refractivity contribution in [2.45, 2.75) is 39.2 Å². The maximum Gasteiger partial charge on any atom is 0.0607 e. The van der Waals surface area contributed by atoms with Crippen LogP contribution in [0.1, 0.15) is 33.1 Å². The smallest absolute Gasteiger partial charge is 0.0607 e. The quantitative estimate of drug-likeness (QED) is 0.575. The van der Waals surface area contributed by atoms with Gasteiger partial charge in [0.1, 0.15) is 0 Å². The van der Waals surface area contributed by atoms with Crippen molar-refractivity contribution in [3.63, 3.8) is 0 Å². The van der Waals surface area contributed by atoms with Gasteiger partial charge < -0.3 is 5.11 Å². The van der Waals surface area contributed by atoms with Crippen molar-refractivity contribution >= 4 is 0 Å². The molecule has 1 fully saturated rings. The van der Waals surface area contributed by atoms with Gasteiger partial charge in [-0.3, -0.25) is 0 Å². The summed E-state index contributed by atoms with van der Waals surface area (Å²) < 4.78 is 0. The SMILES string of the molecule is C=C(C)C1CC[C@@H](C)C[C@H]1O. The molecule has 1 heteroatoms. The summed E-state index contributed by atoms with van der Waals surface area (Å²) in [5, 5.41) is 9.65. The number of rotatable bonds is 1. The maximum atomic E-state index is 9.65. The molecule has 64 valence electrons. The van der Waals surface area contributed by atoms with E-state index in [0.717, 1.165) is 18.4 Å². The number of aliphatic hydroxyl groups excluding tert-OH is 1. The lowest BCUT2D eigenvalue weighted by Crippen LogP contribution is -2.28. The van der Waals surface area contributed by atoms with Gasteiger partial charge in [-0.05, 0) is 32.1 Å². The first-order valence-electron chi connectivity index (χ1n) is 4.44. The topological polar surface area (TPSA) is 20.2 Å². The van der Waals surface area contributed by atoms with Crippen LogP contribution in [0, 0.1) is 11.8 Å². The van der Waals surface area contributed by atoms with Crippen LogP contribution in [-0.4, -0.2) is 11.2 Å². The fourth-order valence-electron chi connectivity index (χ4n) is 1.93. The van der Waals surface area contributed by atoms with Crippen molar-refractivity contribution in [1.29, 1.82) is 0 Å². The third-order valence-electron chi connectivity index (χ3n) is 2.71. The molecule has 0 aromatic rings. The minimum Gasteiger partial charge on any atom is -0.392 e. The standard InChI is InChI=1S/C10H18O/c1-7(2)9-5-4-8(3)6-10(9)11/h8-11H,1,4-6H2,2-3H3/t8-,9?,10-/m1/s1. The highest BCUT2D eigenvalue weighted by molar-refractivity contribution is 5.01. The third kappa shape index (κ3) is 2.06. The van der Waals surface area contributed by atoms with E-state index in [9.17, 15) is 5.11 Å². The lowest BCUT2D eigenvalue weighted by atomic mass is 9.78. The number of hydrogen-bond donors (Lipinski definition) is 1. The number of hydrogen-bond acceptors (Lipinski definition) is 1. The Morgan fingerprint density at radius 2 is 2.09 bits per heavy atom. The molecule has 0 heterocycles. The Morgan fingerprint density at radius 3 is 2.55 bits per heavy atom. The van der Waals surface area contributed by atoms with Gasteiger partial charge >= 0.3 is 0 Å². The molecule has 1 aliphatic rings. The van der Waals surface area contributed by atoms with E-state index >= 15 is 0 Å². The van der Waals surface area contributed by atoms with E-state index in [4.69, 9.17) is 0 Å². The first-order valence-corrected chi connectivity index (χ1v) is 4.44. The molecule has 1 rings (SSSR count). The van der Waals surface area contributed by atoms with Crippen molar-refractivity contribution in [2.75, 3.05) is 0 Å². The summed E-state index contributed by atoms with van der Waals surface area (Å²) >= 11 is 0. The van der Waals surface area contributed by atoms with Crippen LogP contribution >= 0.6 is 0 Å². The molecule has 1 saturated carbocycles. The molecule has 0 spiro atoms. The molecule has 0 aliphatic heterocycles. The van der Waals surface area contributed by atoms with E-state index in [2.05, 4.69) is 13.5 Å². The van der Waals surface area contributed by atoms with E-state index in [0.29, 0.717) is 11.8 Å². The zero-order valence-corrected chi connectivity index (χ0v) is 7.51. The van der Waals surface area contributed by atoms with Gasteiger partial charge in [-0.1, -0.05) is 19.1 Å². The average molecular weight is 154 g/mol. The maximum absolute atomic E-state index is 9.65. The summed E-state index contributed by atoms with van der Waals surface area (Å²) in [7, 11) is 0. The van der Waals surface area contributed by atoms with Crippen molar-refractivity contribution < 1.29 is 5.11 Å². The largest absolute Gasteiger partial charge is 0.392 e. The summed E-state index contributed by atoms with van der Waals surface area (Å²) in [6.45, 7) is 8.12. The van der Waals surface area contributed by atoms with Gasteiger partial charge in [0.2, 0.25) is 0 Å². The van der Waals surface area contributed by atoms with Gasteiger partial charge in [0.05, 0.1) is 6.10 Å². The lowest BCUT2D eigenvalue weighted by molar-refractivity contribution is 0.0656. The summed E-state index contributed by atoms with van der Waals surface area (Å²) in [4.78, 5) is 0. The normalized spacial score (nSPS) is 38.6. The predicted octanol–water partition coefficient (Wildman–Crippen LogP) is 2.36. The molecule has 1 nitrogen and oxygen atoms in total. The lowest BCUT2D eigenvalue weighted by Gasteiger charge is -2.31. The van der Waals surface area contributed by atoms with E-state index in [1.54, 1.807) is 0 Å². The fourth-order valence-corrected chi connectivity index (χ4v) is 1.93. The average Bonchev–Trinajstić information content (AvgIpc) is 1.85. The molecular formula is C10H18O. The molecule has 0 radical (unpaired) electrons. The highest BCUT2D eigenvalue weighted by Crippen LogP contribution is 2.32. The van der Waals surface area contributed by atoms with Crippen LogP contribution in [0.3, 0.4) is 0 Å². The van der Waals surface area contributed by atoms with Crippen LogP contribution in [0.25, 0.3) is 0 Å². The van der Waals surface area contributed by atoms with Gasteiger partial charge in [0.15, 0.2) is 0 Å². The van der Waals surface area contributed by atoms with Gasteiger partial charge in [0.25, 0.3) is 0 Å². The Hall–Kier alpha value is -0.300. The second-order valence-electron chi connectivity index (χ2n) is 3.94. The molecule has 0 aromatic carbocycles. The van der Waals surface area contributed by atoms with E-state index in [-0.39, 0.29) is 6.10 Å². The minimum atomic E-state index is -0.128. The second-order valence-corrected chi connectivity index (χ2v) is 3.94. The summed E-state index contributed by atoms with van der Waals surface area (Å²) in [6.07, 6.45) is 3.19. The van der Waals surface area contributed by atoms with Gasteiger partial charge in [-0.15, -0.1) is 0 Å². The summed E-state index contributed by atoms with van der Waals surface area (Å²) in [6, 6.07) is 0. The first kappa shape index (κ1) is 8.79. The Bertz CT molecular complexity index is 151. The minimum absolute atomic E-state index is 0.128. The van der Waals surface area contributed by atoms with Crippen molar-refractivity contribution in [3.8, 4) is 0 Å². The molecule has 1 aliphatic carbocycles. The second kappa shape index (κ2) is 3.40. The van der Waals surface area contributed by atoms with E-state index < -0.39 is 0 Å². The van der Waals surface area contributed by atoms with Crippen molar-refractivity contribution in [1.82, 2.24) is 0 Å². The molecule has 1 N–H and O–H groups in total. The first-order chi connectivity index (χ1) is 5.11. The number of aliphatic hydroxyl groups is 1. The Labute approximate surface area is 69.1 Å². The third-order valence-corrected chi connectivity index (χ3v) is 2.71. The van der Waals surface area contributed by atoms with Crippen LogP contribution in [-0.2, 0) is 0 Å². The molecule has 1 unspecified atom stereocenters. The Kier molecular flexibility index (Phi) is 2.72. The van der Waals surface area contributed by atoms with Crippen molar-refractivity contribution in [2.24, 2.45) is 11.8 Å². The monoisotopic (exact) mass is 154 g/mol. The van der Waals surface area contributed by atoms with Crippen molar-refractivity contribution in [3.05, 3.63) is 12.2 Å². The molecular weight excluding hydrogens is 136 g/mol. The van der Waals surface area contributed by atoms with Crippen LogP contribution in [0.5, 0.6) is 0 Å². The zero-order chi connectivity index (χ0) is 8.43. The van der Waals surface area contributed by atoms with Crippen LogP contribution in [0.4, 0.5) is 0 Å². The summed E-state index contributed by atoms with van der Waals surface area (Å²) in [5.74, 6) is 1.06. The van der Waals surface area contributed by atoms with Gasteiger partial charge in [-0.25, -0.2) is 0 Å². The Balaban J connectivity index is 2.50. The predicted molar refractivity (Wildman–Crippen MR) is 47.3 cm³/mol. The highest BCUT2D eigenvalue weighted by Gasteiger charge is 2.26. The van der Waals surface area contributed by atoms with Crippen LogP contribution in [0.2, 0.25) is 0 Å². The van der Waals surface area contributed by atoms with Crippen LogP contribution < -0.4 is 0 Å². The highest BCUT2D eigenvalue weighted by atomic mass is 16.3. The molecule has 11 heavy (non-hydrogen) atoms. The summed E-state index contributed by atoms with van der Waals surface area (Å²) in [5.41, 5.74) is 1.14. The zero-order valence-electron chi connectivity index (χ0n) is 7.51.